The number of benzene rings is 11. The van der Waals surface area contributed by atoms with Crippen LogP contribution in [0.2, 0.25) is 0 Å². The first-order chi connectivity index (χ1) is 36.3. The Morgan fingerprint density at radius 3 is 1.26 bits per heavy atom. The summed E-state index contributed by atoms with van der Waals surface area (Å²) in [6.45, 7) is 8.88. The van der Waals surface area contributed by atoms with E-state index in [4.69, 9.17) is 17.7 Å². The van der Waals surface area contributed by atoms with E-state index < -0.39 is 0 Å². The summed E-state index contributed by atoms with van der Waals surface area (Å²) in [5.41, 5.74) is 15.4. The van der Waals surface area contributed by atoms with E-state index in [1.807, 2.05) is 0 Å². The smallest absolute Gasteiger partial charge is 0.159 e. The topological polar surface area (TPSA) is 59.0 Å². The van der Waals surface area contributed by atoms with Gasteiger partial charge in [-0.3, -0.25) is 0 Å². The number of anilines is 6. The summed E-state index contributed by atoms with van der Waals surface area (Å²) >= 11 is 0. The molecule has 0 aliphatic heterocycles. The Balaban J connectivity index is 0.852. The van der Waals surface area contributed by atoms with E-state index in [1.165, 1.54) is 11.1 Å². The fourth-order valence-electron chi connectivity index (χ4n) is 11.8. The lowest BCUT2D eigenvalue weighted by Gasteiger charge is -2.25. The summed E-state index contributed by atoms with van der Waals surface area (Å²) in [5, 5.41) is 13.0. The van der Waals surface area contributed by atoms with E-state index in [2.05, 4.69) is 244 Å². The maximum atomic E-state index is 6.97. The van der Waals surface area contributed by atoms with Crippen molar-refractivity contribution in [3.05, 3.63) is 217 Å². The number of fused-ring (bicyclic) bond motifs is 15. The van der Waals surface area contributed by atoms with Gasteiger partial charge in [-0.15, -0.1) is 0 Å². The third kappa shape index (κ3) is 6.37. The lowest BCUT2D eigenvalue weighted by Crippen LogP contribution is -2.10. The minimum Gasteiger partial charge on any atom is -0.456 e. The Morgan fingerprint density at radius 1 is 0.284 bits per heavy atom. The maximum absolute atomic E-state index is 6.97. The van der Waals surface area contributed by atoms with Crippen molar-refractivity contribution in [3.63, 3.8) is 0 Å². The van der Waals surface area contributed by atoms with Crippen molar-refractivity contribution in [1.29, 1.82) is 0 Å². The Labute approximate surface area is 425 Å². The highest BCUT2D eigenvalue weighted by Gasteiger charge is 2.25. The summed E-state index contributed by atoms with van der Waals surface area (Å²) in [6, 6.07) is 73.5. The van der Waals surface area contributed by atoms with E-state index in [-0.39, 0.29) is 0 Å². The molecule has 15 aromatic rings. The van der Waals surface area contributed by atoms with E-state index in [9.17, 15) is 0 Å². The van der Waals surface area contributed by atoms with E-state index >= 15 is 0 Å². The molecule has 0 fully saturated rings. The molecule has 0 atom stereocenters. The number of furan rings is 4. The van der Waals surface area contributed by atoms with Gasteiger partial charge >= 0.3 is 0 Å². The third-order valence-electron chi connectivity index (χ3n) is 15.3. The van der Waals surface area contributed by atoms with Crippen LogP contribution in [0.1, 0.15) is 50.7 Å². The first-order valence-corrected chi connectivity index (χ1v) is 25.6. The molecule has 0 saturated carbocycles. The predicted octanol–water partition coefficient (Wildman–Crippen LogP) is 20.8. The molecule has 6 heteroatoms. The first kappa shape index (κ1) is 42.4. The number of para-hydroxylation sites is 6. The van der Waals surface area contributed by atoms with Crippen molar-refractivity contribution < 1.29 is 17.7 Å². The third-order valence-corrected chi connectivity index (χ3v) is 15.3. The minimum absolute atomic E-state index is 0.328. The van der Waals surface area contributed by atoms with Gasteiger partial charge in [0.25, 0.3) is 0 Å². The lowest BCUT2D eigenvalue weighted by molar-refractivity contribution is 0.657. The number of hydrogen-bond donors (Lipinski definition) is 0. The van der Waals surface area contributed by atoms with Crippen molar-refractivity contribution in [1.82, 2.24) is 0 Å². The largest absolute Gasteiger partial charge is 0.456 e. The van der Waals surface area contributed by atoms with Crippen molar-refractivity contribution in [2.45, 2.75) is 39.5 Å². The molecule has 4 heterocycles. The molecule has 74 heavy (non-hydrogen) atoms. The molecule has 15 rings (SSSR count). The van der Waals surface area contributed by atoms with E-state index in [0.29, 0.717) is 11.8 Å². The molecule has 0 saturated heterocycles. The molecule has 0 N–H and O–H groups in total. The molecule has 6 nitrogen and oxygen atoms in total. The second-order valence-electron chi connectivity index (χ2n) is 20.4. The standard InChI is InChI=1S/C68H48N2O4/c1-39(2)49-19-11-21-51-53-23-13-25-58(66(53)73-64(49)51)69(45-15-7-5-8-16-45)47-29-27-41-35-56-55-31-32-60-63(68(55)72-61(56)37-43(41)33-47)57-36-42-28-30-48(34-44(42)38-62(57)71-60)70(46-17-9-6-10-18-46)59-26-14-24-54-52-22-12-20-50(40(3)4)65(52)74-67(54)59/h5-40H,1-4H3. The Morgan fingerprint density at radius 2 is 0.743 bits per heavy atom. The van der Waals surface area contributed by atoms with Crippen LogP contribution in [0.3, 0.4) is 0 Å². The van der Waals surface area contributed by atoms with Gasteiger partial charge in [0.05, 0.1) is 16.8 Å². The quantitative estimate of drug-likeness (QED) is 0.151. The van der Waals surface area contributed by atoms with Crippen LogP contribution in [-0.2, 0) is 0 Å². The molecule has 0 amide bonds. The van der Waals surface area contributed by atoms with E-state index in [0.717, 1.165) is 143 Å². The summed E-state index contributed by atoms with van der Waals surface area (Å²) in [5.74, 6) is 0.656. The van der Waals surface area contributed by atoms with Crippen LogP contribution in [0.4, 0.5) is 34.1 Å². The second-order valence-corrected chi connectivity index (χ2v) is 20.4. The summed E-state index contributed by atoms with van der Waals surface area (Å²) in [7, 11) is 0. The molecular weight excluding hydrogens is 909 g/mol. The van der Waals surface area contributed by atoms with Gasteiger partial charge in [-0.25, -0.2) is 0 Å². The van der Waals surface area contributed by atoms with Gasteiger partial charge in [-0.2, -0.15) is 0 Å². The Kier molecular flexibility index (Phi) is 9.24. The van der Waals surface area contributed by atoms with Gasteiger partial charge < -0.3 is 27.5 Å². The predicted molar refractivity (Wildman–Crippen MR) is 308 cm³/mol. The zero-order valence-corrected chi connectivity index (χ0v) is 41.3. The van der Waals surface area contributed by atoms with Crippen LogP contribution in [0.25, 0.3) is 109 Å². The zero-order valence-electron chi connectivity index (χ0n) is 41.3. The molecule has 0 unspecified atom stereocenters. The van der Waals surface area contributed by atoms with Crippen LogP contribution in [-0.4, -0.2) is 0 Å². The van der Waals surface area contributed by atoms with Gasteiger partial charge in [-0.1, -0.05) is 137 Å². The van der Waals surface area contributed by atoms with Crippen LogP contribution in [0.5, 0.6) is 0 Å². The van der Waals surface area contributed by atoms with Gasteiger partial charge in [0, 0.05) is 60.5 Å². The number of hydrogen-bond acceptors (Lipinski definition) is 6. The normalized spacial score (nSPS) is 12.3. The van der Waals surface area contributed by atoms with Gasteiger partial charge in [0.1, 0.15) is 33.5 Å². The minimum atomic E-state index is 0.328. The van der Waals surface area contributed by atoms with Crippen LogP contribution < -0.4 is 9.80 Å². The highest BCUT2D eigenvalue weighted by molar-refractivity contribution is 6.24. The molecule has 0 bridgehead atoms. The molecule has 0 radical (unpaired) electrons. The number of nitrogens with zero attached hydrogens (tertiary/aromatic N) is 2. The first-order valence-electron chi connectivity index (χ1n) is 25.6. The van der Waals surface area contributed by atoms with Gasteiger partial charge in [0.15, 0.2) is 11.2 Å². The maximum Gasteiger partial charge on any atom is 0.159 e. The number of rotatable bonds is 8. The zero-order chi connectivity index (χ0) is 49.3. The highest BCUT2D eigenvalue weighted by atomic mass is 16.3. The molecule has 0 aliphatic carbocycles. The van der Waals surface area contributed by atoms with Crippen molar-refractivity contribution >= 4 is 143 Å². The van der Waals surface area contributed by atoms with Crippen LogP contribution in [0.15, 0.2) is 224 Å². The molecule has 354 valence electrons. The lowest BCUT2D eigenvalue weighted by atomic mass is 10.00. The summed E-state index contributed by atoms with van der Waals surface area (Å²) in [6.07, 6.45) is 0. The van der Waals surface area contributed by atoms with Gasteiger partial charge in [0.2, 0.25) is 0 Å². The summed E-state index contributed by atoms with van der Waals surface area (Å²) in [4.78, 5) is 4.61. The average Bonchev–Trinajstić information content (AvgIpc) is 4.21. The molecule has 0 spiro atoms. The highest BCUT2D eigenvalue weighted by Crippen LogP contribution is 2.48. The van der Waals surface area contributed by atoms with Crippen LogP contribution >= 0.6 is 0 Å². The average molecular weight is 957 g/mol. The Bertz CT molecular complexity index is 4750. The SMILES string of the molecule is CC(C)c1cccc2c1oc1c(N(c3ccccc3)c3ccc4cc5c(cc4c3)oc3c5ccc4oc5cc6cc(N(c7ccccc7)c7cccc8c7oc7c(C(C)C)cccc78)ccc6cc5c43)cccc12. The van der Waals surface area contributed by atoms with Crippen molar-refractivity contribution in [3.8, 4) is 0 Å². The van der Waals surface area contributed by atoms with Crippen molar-refractivity contribution in [2.75, 3.05) is 9.80 Å². The van der Waals surface area contributed by atoms with Crippen LogP contribution in [0, 0.1) is 0 Å². The van der Waals surface area contributed by atoms with Crippen molar-refractivity contribution in [2.24, 2.45) is 0 Å². The molecular formula is C68H48N2O4. The monoisotopic (exact) mass is 956 g/mol. The molecule has 4 aromatic heterocycles. The fraction of sp³-hybridized carbons (Fsp3) is 0.0882. The second kappa shape index (κ2) is 16.1. The van der Waals surface area contributed by atoms with E-state index in [1.54, 1.807) is 0 Å². The molecule has 0 aliphatic rings. The summed E-state index contributed by atoms with van der Waals surface area (Å²) < 4.78 is 27.4. The molecule has 11 aromatic carbocycles. The van der Waals surface area contributed by atoms with Gasteiger partial charge in [-0.05, 0) is 142 Å². The fourth-order valence-corrected chi connectivity index (χ4v) is 11.8. The Hall–Kier alpha value is -9.26.